The van der Waals surface area contributed by atoms with Crippen LogP contribution in [0.4, 0.5) is 0 Å². The van der Waals surface area contributed by atoms with Crippen LogP contribution in [0.5, 0.6) is 0 Å². The van der Waals surface area contributed by atoms with Crippen molar-refractivity contribution >= 4 is 11.3 Å². The highest BCUT2D eigenvalue weighted by atomic mass is 32.1. The van der Waals surface area contributed by atoms with Crippen molar-refractivity contribution in [1.29, 1.82) is 5.26 Å². The molecule has 16 heavy (non-hydrogen) atoms. The van der Waals surface area contributed by atoms with Crippen LogP contribution in [0.15, 0.2) is 35.2 Å². The summed E-state index contributed by atoms with van der Waals surface area (Å²) in [5, 5.41) is 13.1. The summed E-state index contributed by atoms with van der Waals surface area (Å²) >= 11 is 1.64. The van der Waals surface area contributed by atoms with Gasteiger partial charge >= 0.3 is 0 Å². The maximum atomic E-state index is 9.03. The third kappa shape index (κ3) is 1.87. The number of hydrogen-bond donors (Lipinski definition) is 1. The zero-order valence-electron chi connectivity index (χ0n) is 9.00. The van der Waals surface area contributed by atoms with E-state index in [9.17, 15) is 0 Å². The first-order valence-corrected chi connectivity index (χ1v) is 6.03. The monoisotopic (exact) mass is 231 g/mol. The predicted octanol–water partition coefficient (Wildman–Crippen LogP) is 2.36. The molecule has 2 atom stereocenters. The van der Waals surface area contributed by atoms with Gasteiger partial charge in [-0.25, -0.2) is 0 Å². The van der Waals surface area contributed by atoms with Crippen molar-refractivity contribution in [2.75, 3.05) is 0 Å². The smallest absolute Gasteiger partial charge is 0.120 e. The van der Waals surface area contributed by atoms with E-state index in [1.807, 2.05) is 35.2 Å². The van der Waals surface area contributed by atoms with Crippen molar-refractivity contribution in [3.8, 4) is 6.07 Å². The number of nitriles is 1. The molecule has 3 nitrogen and oxygen atoms in total. The van der Waals surface area contributed by atoms with Gasteiger partial charge in [0.15, 0.2) is 0 Å². The minimum Gasteiger partial charge on any atom is -0.330 e. The molecule has 2 aromatic rings. The van der Waals surface area contributed by atoms with Gasteiger partial charge in [-0.15, -0.1) is 0 Å². The fourth-order valence-corrected chi connectivity index (χ4v) is 2.58. The minimum absolute atomic E-state index is 0.0332. The second-order valence-electron chi connectivity index (χ2n) is 3.77. The lowest BCUT2D eigenvalue weighted by molar-refractivity contribution is 0.496. The van der Waals surface area contributed by atoms with Crippen LogP contribution in [-0.4, -0.2) is 10.6 Å². The van der Waals surface area contributed by atoms with E-state index in [0.717, 1.165) is 5.56 Å². The first-order chi connectivity index (χ1) is 7.74. The third-order valence-corrected chi connectivity index (χ3v) is 3.28. The number of aromatic nitrogens is 1. The first kappa shape index (κ1) is 10.9. The molecule has 0 aromatic carbocycles. The van der Waals surface area contributed by atoms with Crippen LogP contribution in [0.2, 0.25) is 0 Å². The van der Waals surface area contributed by atoms with Crippen LogP contribution in [0, 0.1) is 11.3 Å². The zero-order valence-corrected chi connectivity index (χ0v) is 9.82. The number of nitrogens with two attached hydrogens (primary N) is 1. The van der Waals surface area contributed by atoms with E-state index < -0.39 is 0 Å². The summed E-state index contributed by atoms with van der Waals surface area (Å²) in [6.07, 6.45) is 1.91. The van der Waals surface area contributed by atoms with Crippen LogP contribution >= 0.6 is 11.3 Å². The van der Waals surface area contributed by atoms with Gasteiger partial charge in [0.25, 0.3) is 0 Å². The molecule has 82 valence electrons. The molecule has 0 amide bonds. The highest BCUT2D eigenvalue weighted by Gasteiger charge is 2.20. The lowest BCUT2D eigenvalue weighted by Gasteiger charge is -2.22. The predicted molar refractivity (Wildman–Crippen MR) is 65.3 cm³/mol. The summed E-state index contributed by atoms with van der Waals surface area (Å²) in [5.74, 6) is 0. The quantitative estimate of drug-likeness (QED) is 0.881. The second kappa shape index (κ2) is 4.52. The molecule has 2 rings (SSSR count). The Hall–Kier alpha value is -1.57. The molecule has 2 unspecified atom stereocenters. The number of nitrogens with zero attached hydrogens (tertiary/aromatic N) is 2. The molecule has 0 aliphatic heterocycles. The van der Waals surface area contributed by atoms with E-state index in [-0.39, 0.29) is 12.1 Å². The normalized spacial score (nSPS) is 14.3. The van der Waals surface area contributed by atoms with Gasteiger partial charge in [-0.3, -0.25) is 0 Å². The molecule has 0 saturated carbocycles. The molecular weight excluding hydrogens is 218 g/mol. The fraction of sp³-hybridized carbons (Fsp3) is 0.250. The molecule has 0 radical (unpaired) electrons. The Kier molecular flexibility index (Phi) is 3.09. The highest BCUT2D eigenvalue weighted by Crippen LogP contribution is 2.25. The molecule has 0 saturated heterocycles. The van der Waals surface area contributed by atoms with Crippen LogP contribution in [0.3, 0.4) is 0 Å². The van der Waals surface area contributed by atoms with Gasteiger partial charge in [0.2, 0.25) is 0 Å². The summed E-state index contributed by atoms with van der Waals surface area (Å²) in [6, 6.07) is 7.93. The molecule has 4 heteroatoms. The Balaban J connectivity index is 2.46. The van der Waals surface area contributed by atoms with E-state index in [1.54, 1.807) is 11.3 Å². The van der Waals surface area contributed by atoms with Gasteiger partial charge in [0.05, 0.1) is 6.04 Å². The van der Waals surface area contributed by atoms with E-state index in [0.29, 0.717) is 5.69 Å². The molecule has 0 fully saturated rings. The standard InChI is InChI=1S/C12H13N3S/c1-9(14)12(10-4-6-16-8-10)15-5-2-3-11(15)7-13/h2-6,8-9,12H,14H2,1H3. The molecule has 0 spiro atoms. The van der Waals surface area contributed by atoms with Crippen molar-refractivity contribution in [3.05, 3.63) is 46.4 Å². The van der Waals surface area contributed by atoms with E-state index >= 15 is 0 Å². The van der Waals surface area contributed by atoms with Crippen LogP contribution in [-0.2, 0) is 0 Å². The maximum absolute atomic E-state index is 9.03. The third-order valence-electron chi connectivity index (χ3n) is 2.58. The summed E-state index contributed by atoms with van der Waals surface area (Å²) in [6.45, 7) is 1.96. The Morgan fingerprint density at radius 2 is 2.31 bits per heavy atom. The number of thiophene rings is 1. The molecule has 2 aromatic heterocycles. The minimum atomic E-state index is -0.0332. The van der Waals surface area contributed by atoms with Gasteiger partial charge in [-0.2, -0.15) is 16.6 Å². The van der Waals surface area contributed by atoms with Crippen molar-refractivity contribution in [1.82, 2.24) is 4.57 Å². The zero-order chi connectivity index (χ0) is 11.5. The van der Waals surface area contributed by atoms with Crippen molar-refractivity contribution in [3.63, 3.8) is 0 Å². The van der Waals surface area contributed by atoms with Gasteiger partial charge < -0.3 is 10.3 Å². The molecule has 0 bridgehead atoms. The summed E-state index contributed by atoms with van der Waals surface area (Å²) in [7, 11) is 0. The van der Waals surface area contributed by atoms with Gasteiger partial charge in [-0.1, -0.05) is 0 Å². The lowest BCUT2D eigenvalue weighted by atomic mass is 10.0. The van der Waals surface area contributed by atoms with Crippen LogP contribution < -0.4 is 5.73 Å². The largest absolute Gasteiger partial charge is 0.330 e. The van der Waals surface area contributed by atoms with Crippen molar-refractivity contribution < 1.29 is 0 Å². The maximum Gasteiger partial charge on any atom is 0.120 e. The lowest BCUT2D eigenvalue weighted by Crippen LogP contribution is -2.30. The summed E-state index contributed by atoms with van der Waals surface area (Å²) in [5.41, 5.74) is 7.82. The van der Waals surface area contributed by atoms with E-state index in [1.165, 1.54) is 0 Å². The van der Waals surface area contributed by atoms with Crippen LogP contribution in [0.25, 0.3) is 0 Å². The van der Waals surface area contributed by atoms with E-state index in [2.05, 4.69) is 17.5 Å². The van der Waals surface area contributed by atoms with Gasteiger partial charge in [0.1, 0.15) is 11.8 Å². The van der Waals surface area contributed by atoms with Crippen molar-refractivity contribution in [2.45, 2.75) is 19.0 Å². The SMILES string of the molecule is CC(N)C(c1ccsc1)n1cccc1C#N. The summed E-state index contributed by atoms with van der Waals surface area (Å²) in [4.78, 5) is 0. The van der Waals surface area contributed by atoms with Gasteiger partial charge in [0, 0.05) is 12.2 Å². The molecule has 0 aliphatic carbocycles. The average molecular weight is 231 g/mol. The topological polar surface area (TPSA) is 54.7 Å². The average Bonchev–Trinajstić information content (AvgIpc) is 2.88. The Labute approximate surface area is 98.7 Å². The Morgan fingerprint density at radius 3 is 2.88 bits per heavy atom. The molecule has 0 aliphatic rings. The highest BCUT2D eigenvalue weighted by molar-refractivity contribution is 7.07. The fourth-order valence-electron chi connectivity index (χ4n) is 1.89. The molecule has 2 heterocycles. The van der Waals surface area contributed by atoms with E-state index in [4.69, 9.17) is 11.0 Å². The number of rotatable bonds is 3. The first-order valence-electron chi connectivity index (χ1n) is 5.08. The molecular formula is C12H13N3S. The molecule has 2 N–H and O–H groups in total. The second-order valence-corrected chi connectivity index (χ2v) is 4.55. The number of hydrogen-bond acceptors (Lipinski definition) is 3. The Bertz CT molecular complexity index is 491. The van der Waals surface area contributed by atoms with Gasteiger partial charge in [-0.05, 0) is 41.4 Å². The van der Waals surface area contributed by atoms with Crippen molar-refractivity contribution in [2.24, 2.45) is 5.73 Å². The van der Waals surface area contributed by atoms with Crippen LogP contribution in [0.1, 0.15) is 24.2 Å². The summed E-state index contributed by atoms with van der Waals surface area (Å²) < 4.78 is 1.94. The Morgan fingerprint density at radius 1 is 1.50 bits per heavy atom.